The van der Waals surface area contributed by atoms with Crippen LogP contribution in [0.4, 0.5) is 0 Å². The Hall–Kier alpha value is -1.01. The van der Waals surface area contributed by atoms with E-state index in [1.807, 2.05) is 0 Å². The van der Waals surface area contributed by atoms with Crippen LogP contribution in [0.5, 0.6) is 0 Å². The second-order valence-corrected chi connectivity index (χ2v) is 5.25. The van der Waals surface area contributed by atoms with Gasteiger partial charge in [0.05, 0.1) is 29.0 Å². The summed E-state index contributed by atoms with van der Waals surface area (Å²) in [4.78, 5) is 28.4. The monoisotopic (exact) mass is 301 g/mol. The van der Waals surface area contributed by atoms with Crippen molar-refractivity contribution in [3.63, 3.8) is 0 Å². The molecule has 7 heteroatoms. The first-order valence-electron chi connectivity index (χ1n) is 5.69. The van der Waals surface area contributed by atoms with E-state index in [4.69, 9.17) is 32.7 Å². The summed E-state index contributed by atoms with van der Waals surface area (Å²) in [6.07, 6.45) is 0.278. The Bertz CT molecular complexity index is 531. The summed E-state index contributed by atoms with van der Waals surface area (Å²) in [5, 5.41) is 0.540. The van der Waals surface area contributed by atoms with Gasteiger partial charge in [-0.15, -0.1) is 0 Å². The quantitative estimate of drug-likeness (QED) is 0.607. The molecule has 100 valence electrons. The highest BCUT2D eigenvalue weighted by Crippen LogP contribution is 2.33. The van der Waals surface area contributed by atoms with Gasteiger partial charge in [-0.25, -0.2) is 0 Å². The molecular formula is C12H9Cl2NO4. The highest BCUT2D eigenvalue weighted by molar-refractivity contribution is 6.35. The molecule has 2 aliphatic heterocycles. The summed E-state index contributed by atoms with van der Waals surface area (Å²) in [6.45, 7) is 0.665. The van der Waals surface area contributed by atoms with Crippen molar-refractivity contribution in [1.29, 1.82) is 0 Å². The van der Waals surface area contributed by atoms with Gasteiger partial charge in [0, 0.05) is 6.20 Å². The largest absolute Gasteiger partial charge is 0.365 e. The van der Waals surface area contributed by atoms with Crippen molar-refractivity contribution in [3.8, 4) is 0 Å². The van der Waals surface area contributed by atoms with Gasteiger partial charge in [0.15, 0.2) is 11.6 Å². The maximum absolute atomic E-state index is 12.2. The van der Waals surface area contributed by atoms with E-state index in [0.717, 1.165) is 0 Å². The zero-order valence-corrected chi connectivity index (χ0v) is 11.1. The molecule has 0 saturated carbocycles. The Balaban J connectivity index is 1.97. The summed E-state index contributed by atoms with van der Waals surface area (Å²) >= 11 is 11.8. The predicted octanol–water partition coefficient (Wildman–Crippen LogP) is 1.41. The Morgan fingerprint density at radius 2 is 1.74 bits per heavy atom. The number of carbonyl (C=O) groups excluding carboxylic acids is 2. The van der Waals surface area contributed by atoms with Crippen molar-refractivity contribution in [1.82, 2.24) is 4.98 Å². The molecule has 2 atom stereocenters. The third-order valence-corrected chi connectivity index (χ3v) is 3.49. The van der Waals surface area contributed by atoms with Gasteiger partial charge in [-0.05, 0) is 6.07 Å². The summed E-state index contributed by atoms with van der Waals surface area (Å²) < 4.78 is 9.89. The molecule has 0 aliphatic carbocycles. The number of halogens is 2. The number of ether oxygens (including phenoxy) is 2. The van der Waals surface area contributed by atoms with E-state index in [-0.39, 0.29) is 22.3 Å². The molecule has 0 bridgehead atoms. The number of Topliss-reactive ketones (excluding diaryl/α,β-unsaturated/α-hetero) is 2. The van der Waals surface area contributed by atoms with Gasteiger partial charge in [0.2, 0.25) is 0 Å². The van der Waals surface area contributed by atoms with Crippen molar-refractivity contribution in [2.24, 2.45) is 0 Å². The molecule has 2 unspecified atom stereocenters. The van der Waals surface area contributed by atoms with Crippen LogP contribution < -0.4 is 0 Å². The SMILES string of the molecule is O=C(C1CO1)C(C(=O)C1CO1)c1ncc(Cl)cc1Cl. The smallest absolute Gasteiger partial charge is 0.180 e. The Morgan fingerprint density at radius 3 is 2.16 bits per heavy atom. The van der Waals surface area contributed by atoms with Gasteiger partial charge in [0.1, 0.15) is 18.1 Å². The number of rotatable bonds is 5. The van der Waals surface area contributed by atoms with Gasteiger partial charge in [-0.1, -0.05) is 23.2 Å². The van der Waals surface area contributed by atoms with E-state index in [0.29, 0.717) is 18.2 Å². The molecule has 19 heavy (non-hydrogen) atoms. The maximum Gasteiger partial charge on any atom is 0.180 e. The first kappa shape index (κ1) is 13.0. The summed E-state index contributed by atoms with van der Waals surface area (Å²) in [5.41, 5.74) is 0.215. The van der Waals surface area contributed by atoms with Crippen molar-refractivity contribution in [2.45, 2.75) is 18.1 Å². The fourth-order valence-corrected chi connectivity index (χ4v) is 2.33. The third kappa shape index (κ3) is 2.65. The number of epoxide rings is 2. The molecule has 2 fully saturated rings. The topological polar surface area (TPSA) is 72.1 Å². The molecule has 0 radical (unpaired) electrons. The van der Waals surface area contributed by atoms with Crippen molar-refractivity contribution in [3.05, 3.63) is 28.0 Å². The zero-order valence-electron chi connectivity index (χ0n) is 9.64. The lowest BCUT2D eigenvalue weighted by Gasteiger charge is -2.13. The van der Waals surface area contributed by atoms with Gasteiger partial charge < -0.3 is 9.47 Å². The minimum atomic E-state index is -1.04. The first-order chi connectivity index (χ1) is 9.08. The van der Waals surface area contributed by atoms with Crippen molar-refractivity contribution >= 4 is 34.8 Å². The van der Waals surface area contributed by atoms with E-state index < -0.39 is 18.1 Å². The first-order valence-corrected chi connectivity index (χ1v) is 6.45. The molecular weight excluding hydrogens is 293 g/mol. The van der Waals surface area contributed by atoms with Crippen LogP contribution >= 0.6 is 23.2 Å². The van der Waals surface area contributed by atoms with Crippen LogP contribution in [0.3, 0.4) is 0 Å². The lowest BCUT2D eigenvalue weighted by atomic mass is 9.91. The second-order valence-electron chi connectivity index (χ2n) is 4.40. The molecule has 2 aliphatic rings. The minimum absolute atomic E-state index is 0.195. The number of hydrogen-bond acceptors (Lipinski definition) is 5. The Labute approximate surface area is 118 Å². The van der Waals surface area contributed by atoms with Crippen LogP contribution in [0, 0.1) is 0 Å². The van der Waals surface area contributed by atoms with Gasteiger partial charge in [0.25, 0.3) is 0 Å². The third-order valence-electron chi connectivity index (χ3n) is 2.98. The summed E-state index contributed by atoms with van der Waals surface area (Å²) in [6, 6.07) is 1.46. The van der Waals surface area contributed by atoms with E-state index >= 15 is 0 Å². The molecule has 3 heterocycles. The van der Waals surface area contributed by atoms with Crippen LogP contribution in [0.25, 0.3) is 0 Å². The lowest BCUT2D eigenvalue weighted by Crippen LogP contribution is -2.30. The molecule has 1 aromatic rings. The number of ketones is 2. The number of aromatic nitrogens is 1. The van der Waals surface area contributed by atoms with E-state index in [9.17, 15) is 9.59 Å². The molecule has 0 N–H and O–H groups in total. The Morgan fingerprint density at radius 1 is 1.21 bits per heavy atom. The molecule has 1 aromatic heterocycles. The van der Waals surface area contributed by atoms with Crippen LogP contribution in [-0.2, 0) is 19.1 Å². The van der Waals surface area contributed by atoms with Gasteiger partial charge in [-0.2, -0.15) is 0 Å². The van der Waals surface area contributed by atoms with E-state index in [1.165, 1.54) is 12.3 Å². The van der Waals surface area contributed by atoms with Gasteiger partial charge in [-0.3, -0.25) is 14.6 Å². The number of carbonyl (C=O) groups is 2. The average Bonchev–Trinajstić information content (AvgIpc) is 3.24. The maximum atomic E-state index is 12.2. The fraction of sp³-hybridized carbons (Fsp3) is 0.417. The summed E-state index contributed by atoms with van der Waals surface area (Å²) in [5.74, 6) is -1.68. The Kier molecular flexibility index (Phi) is 3.30. The van der Waals surface area contributed by atoms with Crippen LogP contribution in [0.1, 0.15) is 11.6 Å². The van der Waals surface area contributed by atoms with Crippen molar-refractivity contribution < 1.29 is 19.1 Å². The highest BCUT2D eigenvalue weighted by atomic mass is 35.5. The van der Waals surface area contributed by atoms with Crippen molar-refractivity contribution in [2.75, 3.05) is 13.2 Å². The molecule has 2 saturated heterocycles. The summed E-state index contributed by atoms with van der Waals surface area (Å²) in [7, 11) is 0. The molecule has 5 nitrogen and oxygen atoms in total. The molecule has 3 rings (SSSR count). The molecule has 0 amide bonds. The minimum Gasteiger partial charge on any atom is -0.365 e. The molecule has 0 aromatic carbocycles. The lowest BCUT2D eigenvalue weighted by molar-refractivity contribution is -0.130. The standard InChI is InChI=1S/C12H9Cl2NO4/c13-5-1-6(14)10(15-2-5)9(11(16)7-3-18-7)12(17)8-4-19-8/h1-2,7-9H,3-4H2. The van der Waals surface area contributed by atoms with E-state index in [2.05, 4.69) is 4.98 Å². The zero-order chi connectivity index (χ0) is 13.6. The fourth-order valence-electron chi connectivity index (χ4n) is 1.84. The number of nitrogens with zero attached hydrogens (tertiary/aromatic N) is 1. The van der Waals surface area contributed by atoms with E-state index in [1.54, 1.807) is 0 Å². The van der Waals surface area contributed by atoms with Crippen LogP contribution in [0.15, 0.2) is 12.3 Å². The van der Waals surface area contributed by atoms with Crippen LogP contribution in [0.2, 0.25) is 10.0 Å². The normalized spacial score (nSPS) is 25.8. The molecule has 0 spiro atoms. The predicted molar refractivity (Wildman–Crippen MR) is 66.5 cm³/mol. The second kappa shape index (κ2) is 4.83. The van der Waals surface area contributed by atoms with Gasteiger partial charge >= 0.3 is 0 Å². The van der Waals surface area contributed by atoms with Crippen LogP contribution in [-0.4, -0.2) is 42.0 Å². The number of hydrogen-bond donors (Lipinski definition) is 0. The highest BCUT2D eigenvalue weighted by Gasteiger charge is 2.47. The average molecular weight is 302 g/mol. The number of pyridine rings is 1.